The molecule has 0 amide bonds. The van der Waals surface area contributed by atoms with E-state index in [1.165, 1.54) is 11.8 Å². The number of benzene rings is 1. The Morgan fingerprint density at radius 2 is 2.09 bits per heavy atom. The third kappa shape index (κ3) is 5.55. The van der Waals surface area contributed by atoms with Gasteiger partial charge in [-0.3, -0.25) is 4.79 Å². The van der Waals surface area contributed by atoms with E-state index in [2.05, 4.69) is 11.5 Å². The van der Waals surface area contributed by atoms with Crippen LogP contribution in [0.3, 0.4) is 0 Å². The maximum absolute atomic E-state index is 13.0. The van der Waals surface area contributed by atoms with Crippen LogP contribution in [0.4, 0.5) is 0 Å². The minimum atomic E-state index is -3.53. The van der Waals surface area contributed by atoms with E-state index in [9.17, 15) is 13.2 Å². The molecule has 10 heteroatoms. The van der Waals surface area contributed by atoms with E-state index in [0.717, 1.165) is 50.6 Å². The maximum Gasteiger partial charge on any atom is 0.319 e. The van der Waals surface area contributed by atoms with Gasteiger partial charge in [-0.2, -0.15) is 4.31 Å². The summed E-state index contributed by atoms with van der Waals surface area (Å²) in [6.45, 7) is 6.78. The van der Waals surface area contributed by atoms with Gasteiger partial charge in [-0.15, -0.1) is 0 Å². The summed E-state index contributed by atoms with van der Waals surface area (Å²) in [5.41, 5.74) is 1.46. The van der Waals surface area contributed by atoms with E-state index in [1.54, 1.807) is 16.4 Å². The van der Waals surface area contributed by atoms with Crippen molar-refractivity contribution in [1.82, 2.24) is 13.9 Å². The summed E-state index contributed by atoms with van der Waals surface area (Å²) in [5, 5.41) is 0.255. The molecule has 1 aromatic carbocycles. The van der Waals surface area contributed by atoms with Crippen LogP contribution in [0.2, 0.25) is 0 Å². The molecule has 0 spiro atoms. The lowest BCUT2D eigenvalue weighted by Crippen LogP contribution is -2.27. The molecule has 2 aliphatic rings. The van der Waals surface area contributed by atoms with Crippen molar-refractivity contribution < 1.29 is 22.7 Å². The number of rotatable bonds is 10. The van der Waals surface area contributed by atoms with Crippen LogP contribution in [-0.4, -0.2) is 65.9 Å². The van der Waals surface area contributed by atoms with Crippen molar-refractivity contribution >= 4 is 38.8 Å². The summed E-state index contributed by atoms with van der Waals surface area (Å²) in [4.78, 5) is 17.5. The van der Waals surface area contributed by atoms with Gasteiger partial charge in [-0.05, 0) is 57.2 Å². The largest absolute Gasteiger partial charge is 0.465 e. The van der Waals surface area contributed by atoms with Gasteiger partial charge in [0.25, 0.3) is 0 Å². The number of aromatic nitrogens is 2. The topological polar surface area (TPSA) is 90.7 Å². The lowest BCUT2D eigenvalue weighted by molar-refractivity contribution is -0.142. The van der Waals surface area contributed by atoms with E-state index < -0.39 is 15.3 Å². The maximum atomic E-state index is 13.0. The Bertz CT molecular complexity index is 1070. The minimum Gasteiger partial charge on any atom is -0.465 e. The molecule has 0 unspecified atom stereocenters. The lowest BCUT2D eigenvalue weighted by Gasteiger charge is -2.16. The first-order chi connectivity index (χ1) is 15.9. The van der Waals surface area contributed by atoms with Crippen LogP contribution in [0.25, 0.3) is 11.0 Å². The molecule has 2 atom stereocenters. The number of nitrogens with zero attached hydrogens (tertiary/aromatic N) is 3. The zero-order chi connectivity index (χ0) is 23.4. The second-order valence-electron chi connectivity index (χ2n) is 8.68. The van der Waals surface area contributed by atoms with E-state index in [1.807, 2.05) is 13.0 Å². The number of imidazole rings is 1. The van der Waals surface area contributed by atoms with Gasteiger partial charge in [0.2, 0.25) is 10.0 Å². The standard InChI is InChI=1S/C23H33N3O5S2/c1-3-4-13-31-22(27)17(2)32-23-24-20-15-19(33(28,29)25-11-5-6-12-25)9-10-21(20)26(23)16-18-8-7-14-30-18/h9-10,15,17-18H,3-8,11-14,16H2,1-2H3/t17-,18-/m0/s1. The van der Waals surface area contributed by atoms with Crippen LogP contribution < -0.4 is 0 Å². The van der Waals surface area contributed by atoms with Crippen molar-refractivity contribution in [3.05, 3.63) is 18.2 Å². The van der Waals surface area contributed by atoms with E-state index in [4.69, 9.17) is 14.5 Å². The fourth-order valence-corrected chi connectivity index (χ4v) is 6.69. The number of thioether (sulfide) groups is 1. The number of hydrogen-bond donors (Lipinski definition) is 0. The molecule has 1 aromatic heterocycles. The molecule has 3 heterocycles. The molecule has 4 rings (SSSR count). The van der Waals surface area contributed by atoms with E-state index >= 15 is 0 Å². The van der Waals surface area contributed by atoms with Crippen molar-refractivity contribution in [2.45, 2.75) is 80.3 Å². The highest BCUT2D eigenvalue weighted by atomic mass is 32.2. The summed E-state index contributed by atoms with van der Waals surface area (Å²) in [6, 6.07) is 5.15. The van der Waals surface area contributed by atoms with Crippen molar-refractivity contribution in [2.75, 3.05) is 26.3 Å². The van der Waals surface area contributed by atoms with Gasteiger partial charge < -0.3 is 14.0 Å². The molecule has 2 fully saturated rings. The average Bonchev–Trinajstić information content (AvgIpc) is 3.56. The van der Waals surface area contributed by atoms with Gasteiger partial charge in [0.05, 0.1) is 35.2 Å². The Morgan fingerprint density at radius 1 is 1.30 bits per heavy atom. The first-order valence-electron chi connectivity index (χ1n) is 11.9. The predicted octanol–water partition coefficient (Wildman–Crippen LogP) is 3.82. The number of carbonyl (C=O) groups excluding carboxylic acids is 1. The molecular weight excluding hydrogens is 462 g/mol. The lowest BCUT2D eigenvalue weighted by atomic mass is 10.2. The second kappa shape index (κ2) is 10.8. The molecule has 0 radical (unpaired) electrons. The van der Waals surface area contributed by atoms with Crippen LogP contribution in [0.15, 0.2) is 28.3 Å². The number of unbranched alkanes of at least 4 members (excludes halogenated alkanes) is 1. The Kier molecular flexibility index (Phi) is 7.99. The highest BCUT2D eigenvalue weighted by molar-refractivity contribution is 8.00. The molecule has 182 valence electrons. The molecule has 0 saturated carbocycles. The molecule has 33 heavy (non-hydrogen) atoms. The summed E-state index contributed by atoms with van der Waals surface area (Å²) >= 11 is 1.35. The summed E-state index contributed by atoms with van der Waals surface area (Å²) < 4.78 is 40.9. The van der Waals surface area contributed by atoms with Gasteiger partial charge in [-0.25, -0.2) is 13.4 Å². The first-order valence-corrected chi connectivity index (χ1v) is 14.2. The average molecular weight is 496 g/mol. The van der Waals surface area contributed by atoms with Gasteiger partial charge in [-0.1, -0.05) is 25.1 Å². The van der Waals surface area contributed by atoms with Gasteiger partial charge in [0.15, 0.2) is 5.16 Å². The normalized spacial score (nSPS) is 20.5. The van der Waals surface area contributed by atoms with Crippen molar-refractivity contribution in [2.24, 2.45) is 0 Å². The SMILES string of the molecule is CCCCOC(=O)[C@H](C)Sc1nc2cc(S(=O)(=O)N3CCCC3)ccc2n1C[C@@H]1CCCO1. The fraction of sp³-hybridized carbons (Fsp3) is 0.652. The molecule has 0 N–H and O–H groups in total. The fourth-order valence-electron chi connectivity index (χ4n) is 4.22. The monoisotopic (exact) mass is 495 g/mol. The van der Waals surface area contributed by atoms with Crippen molar-refractivity contribution in [3.63, 3.8) is 0 Å². The van der Waals surface area contributed by atoms with Gasteiger partial charge in [0, 0.05) is 19.7 Å². The first kappa shape index (κ1) is 24.5. The van der Waals surface area contributed by atoms with E-state index in [0.29, 0.717) is 36.9 Å². The van der Waals surface area contributed by atoms with Crippen LogP contribution in [0.1, 0.15) is 52.4 Å². The van der Waals surface area contributed by atoms with Crippen LogP contribution >= 0.6 is 11.8 Å². The molecule has 2 aliphatic heterocycles. The van der Waals surface area contributed by atoms with E-state index in [-0.39, 0.29) is 17.0 Å². The summed E-state index contributed by atoms with van der Waals surface area (Å²) in [5.74, 6) is -0.263. The molecule has 0 bridgehead atoms. The molecule has 0 aliphatic carbocycles. The highest BCUT2D eigenvalue weighted by Gasteiger charge is 2.29. The Hall–Kier alpha value is -1.62. The highest BCUT2D eigenvalue weighted by Crippen LogP contribution is 2.31. The van der Waals surface area contributed by atoms with Gasteiger partial charge >= 0.3 is 5.97 Å². The number of ether oxygens (including phenoxy) is 2. The van der Waals surface area contributed by atoms with Gasteiger partial charge in [0.1, 0.15) is 5.25 Å². The molecule has 2 saturated heterocycles. The molecule has 2 aromatic rings. The minimum absolute atomic E-state index is 0.0848. The van der Waals surface area contributed by atoms with Crippen molar-refractivity contribution in [3.8, 4) is 0 Å². The number of hydrogen-bond acceptors (Lipinski definition) is 7. The zero-order valence-corrected chi connectivity index (χ0v) is 21.0. The Balaban J connectivity index is 1.63. The number of sulfonamides is 1. The predicted molar refractivity (Wildman–Crippen MR) is 128 cm³/mol. The number of esters is 1. The third-order valence-corrected chi connectivity index (χ3v) is 9.12. The zero-order valence-electron chi connectivity index (χ0n) is 19.4. The Labute approximate surface area is 200 Å². The summed E-state index contributed by atoms with van der Waals surface area (Å²) in [7, 11) is -3.53. The summed E-state index contributed by atoms with van der Waals surface area (Å²) in [6.07, 6.45) is 5.68. The number of carbonyl (C=O) groups is 1. The molecular formula is C23H33N3O5S2. The van der Waals surface area contributed by atoms with Crippen molar-refractivity contribution in [1.29, 1.82) is 0 Å². The smallest absolute Gasteiger partial charge is 0.319 e. The second-order valence-corrected chi connectivity index (χ2v) is 11.9. The van der Waals surface area contributed by atoms with Crippen LogP contribution in [-0.2, 0) is 30.8 Å². The quantitative estimate of drug-likeness (QED) is 0.281. The number of fused-ring (bicyclic) bond motifs is 1. The third-order valence-electron chi connectivity index (χ3n) is 6.15. The Morgan fingerprint density at radius 3 is 2.79 bits per heavy atom. The van der Waals surface area contributed by atoms with Crippen LogP contribution in [0.5, 0.6) is 0 Å². The molecule has 8 nitrogen and oxygen atoms in total. The van der Waals surface area contributed by atoms with Crippen LogP contribution in [0, 0.1) is 0 Å².